The summed E-state index contributed by atoms with van der Waals surface area (Å²) in [5.41, 5.74) is 1.63. The zero-order chi connectivity index (χ0) is 12.5. The number of hydrogen-bond acceptors (Lipinski definition) is 2. The van der Waals surface area contributed by atoms with Gasteiger partial charge in [0.2, 0.25) is 0 Å². The van der Waals surface area contributed by atoms with Gasteiger partial charge in [0.05, 0.1) is 11.6 Å². The molecule has 94 valence electrons. The standard InChI is InChI=1S/C14H20BrNO/c1-14(2)7-6-11(9-14)16-10-4-5-12(15)13(8-10)17-3/h4-5,8,11,16H,6-7,9H2,1-3H3. The smallest absolute Gasteiger partial charge is 0.135 e. The third kappa shape index (κ3) is 3.15. The van der Waals surface area contributed by atoms with Gasteiger partial charge >= 0.3 is 0 Å². The molecule has 0 spiro atoms. The number of nitrogens with one attached hydrogen (secondary N) is 1. The van der Waals surface area contributed by atoms with Crippen molar-refractivity contribution in [3.05, 3.63) is 22.7 Å². The molecule has 1 fully saturated rings. The Balaban J connectivity index is 2.04. The molecule has 3 heteroatoms. The molecule has 0 radical (unpaired) electrons. The summed E-state index contributed by atoms with van der Waals surface area (Å²) in [6.45, 7) is 4.69. The van der Waals surface area contributed by atoms with Crippen molar-refractivity contribution in [2.24, 2.45) is 5.41 Å². The van der Waals surface area contributed by atoms with Crippen LogP contribution >= 0.6 is 15.9 Å². The molecule has 1 aromatic carbocycles. The molecule has 1 aliphatic carbocycles. The van der Waals surface area contributed by atoms with Crippen molar-refractivity contribution in [2.45, 2.75) is 39.2 Å². The van der Waals surface area contributed by atoms with Crippen LogP contribution < -0.4 is 10.1 Å². The SMILES string of the molecule is COc1cc(NC2CCC(C)(C)C2)ccc1Br. The Kier molecular flexibility index (Phi) is 3.67. The summed E-state index contributed by atoms with van der Waals surface area (Å²) in [7, 11) is 1.70. The third-order valence-electron chi connectivity index (χ3n) is 3.49. The maximum atomic E-state index is 5.30. The molecule has 2 nitrogen and oxygen atoms in total. The van der Waals surface area contributed by atoms with Crippen LogP contribution in [0.2, 0.25) is 0 Å². The molecule has 0 aromatic heterocycles. The van der Waals surface area contributed by atoms with Crippen molar-refractivity contribution >= 4 is 21.6 Å². The van der Waals surface area contributed by atoms with Gasteiger partial charge in [0.15, 0.2) is 0 Å². The fraction of sp³-hybridized carbons (Fsp3) is 0.571. The van der Waals surface area contributed by atoms with Crippen LogP contribution in [0.15, 0.2) is 22.7 Å². The summed E-state index contributed by atoms with van der Waals surface area (Å²) in [4.78, 5) is 0. The molecule has 0 heterocycles. The van der Waals surface area contributed by atoms with Gasteiger partial charge in [-0.1, -0.05) is 13.8 Å². The molecule has 0 amide bonds. The largest absolute Gasteiger partial charge is 0.495 e. The number of halogens is 1. The molecule has 1 unspecified atom stereocenters. The molecule has 1 N–H and O–H groups in total. The summed E-state index contributed by atoms with van der Waals surface area (Å²) in [6.07, 6.45) is 3.80. The second-order valence-corrected chi connectivity index (χ2v) is 6.45. The highest BCUT2D eigenvalue weighted by Crippen LogP contribution is 2.38. The number of hydrogen-bond donors (Lipinski definition) is 1. The Morgan fingerprint density at radius 1 is 1.41 bits per heavy atom. The van der Waals surface area contributed by atoms with E-state index in [0.29, 0.717) is 11.5 Å². The van der Waals surface area contributed by atoms with E-state index in [-0.39, 0.29) is 0 Å². The third-order valence-corrected chi connectivity index (χ3v) is 4.15. The number of methoxy groups -OCH3 is 1. The first-order valence-electron chi connectivity index (χ1n) is 6.10. The van der Waals surface area contributed by atoms with Crippen LogP contribution in [0, 0.1) is 5.41 Å². The normalized spacial score (nSPS) is 22.5. The van der Waals surface area contributed by atoms with Gasteiger partial charge < -0.3 is 10.1 Å². The zero-order valence-electron chi connectivity index (χ0n) is 10.7. The van der Waals surface area contributed by atoms with E-state index in [1.54, 1.807) is 7.11 Å². The molecule has 2 rings (SSSR count). The minimum atomic E-state index is 0.483. The fourth-order valence-corrected chi connectivity index (χ4v) is 2.95. The van der Waals surface area contributed by atoms with Crippen LogP contribution in [-0.4, -0.2) is 13.2 Å². The highest BCUT2D eigenvalue weighted by Gasteiger charge is 2.30. The molecule has 0 aliphatic heterocycles. The summed E-state index contributed by atoms with van der Waals surface area (Å²) < 4.78 is 6.30. The molecule has 0 bridgehead atoms. The second-order valence-electron chi connectivity index (χ2n) is 5.60. The Labute approximate surface area is 112 Å². The lowest BCUT2D eigenvalue weighted by atomic mass is 9.92. The topological polar surface area (TPSA) is 21.3 Å². The lowest BCUT2D eigenvalue weighted by molar-refractivity contribution is 0.378. The Bertz CT molecular complexity index is 403. The first-order valence-corrected chi connectivity index (χ1v) is 6.89. The molecule has 0 saturated heterocycles. The van der Waals surface area contributed by atoms with E-state index >= 15 is 0 Å². The fourth-order valence-electron chi connectivity index (χ4n) is 2.54. The van der Waals surface area contributed by atoms with Gasteiger partial charge in [0.1, 0.15) is 5.75 Å². The van der Waals surface area contributed by atoms with Gasteiger partial charge in [-0.3, -0.25) is 0 Å². The van der Waals surface area contributed by atoms with Crippen LogP contribution in [0.3, 0.4) is 0 Å². The van der Waals surface area contributed by atoms with E-state index in [0.717, 1.165) is 15.9 Å². The van der Waals surface area contributed by atoms with E-state index < -0.39 is 0 Å². The summed E-state index contributed by atoms with van der Waals surface area (Å²) in [6, 6.07) is 6.77. The van der Waals surface area contributed by atoms with Crippen molar-refractivity contribution < 1.29 is 4.74 Å². The van der Waals surface area contributed by atoms with Gasteiger partial charge in [-0.2, -0.15) is 0 Å². The second kappa shape index (κ2) is 4.89. The van der Waals surface area contributed by atoms with E-state index in [1.165, 1.54) is 19.3 Å². The van der Waals surface area contributed by atoms with Gasteiger partial charge in [-0.05, 0) is 52.7 Å². The van der Waals surface area contributed by atoms with Gasteiger partial charge in [-0.25, -0.2) is 0 Å². The van der Waals surface area contributed by atoms with Crippen LogP contribution in [0.25, 0.3) is 0 Å². The van der Waals surface area contributed by atoms with Crippen molar-refractivity contribution in [2.75, 3.05) is 12.4 Å². The number of ether oxygens (including phenoxy) is 1. The van der Waals surface area contributed by atoms with E-state index in [4.69, 9.17) is 4.74 Å². The molecule has 1 aliphatic rings. The van der Waals surface area contributed by atoms with Crippen LogP contribution in [0.4, 0.5) is 5.69 Å². The van der Waals surface area contributed by atoms with E-state index in [1.807, 2.05) is 6.07 Å². The van der Waals surface area contributed by atoms with Crippen molar-refractivity contribution in [1.82, 2.24) is 0 Å². The van der Waals surface area contributed by atoms with Gasteiger partial charge in [0.25, 0.3) is 0 Å². The zero-order valence-corrected chi connectivity index (χ0v) is 12.3. The molecule has 1 atom stereocenters. The lowest BCUT2D eigenvalue weighted by Gasteiger charge is -2.19. The van der Waals surface area contributed by atoms with Crippen molar-refractivity contribution in [3.63, 3.8) is 0 Å². The number of anilines is 1. The molecule has 1 saturated carbocycles. The molecule has 1 aromatic rings. The highest BCUT2D eigenvalue weighted by atomic mass is 79.9. The molecule has 17 heavy (non-hydrogen) atoms. The van der Waals surface area contributed by atoms with E-state index in [2.05, 4.69) is 47.2 Å². The number of rotatable bonds is 3. The average molecular weight is 298 g/mol. The predicted molar refractivity (Wildman–Crippen MR) is 75.7 cm³/mol. The van der Waals surface area contributed by atoms with Crippen LogP contribution in [-0.2, 0) is 0 Å². The average Bonchev–Trinajstić information content (AvgIpc) is 2.61. The van der Waals surface area contributed by atoms with Gasteiger partial charge in [0, 0.05) is 17.8 Å². The molecular formula is C14H20BrNO. The van der Waals surface area contributed by atoms with Gasteiger partial charge in [-0.15, -0.1) is 0 Å². The quantitative estimate of drug-likeness (QED) is 0.890. The Morgan fingerprint density at radius 3 is 2.76 bits per heavy atom. The maximum Gasteiger partial charge on any atom is 0.135 e. The van der Waals surface area contributed by atoms with Crippen molar-refractivity contribution in [3.8, 4) is 5.75 Å². The Hall–Kier alpha value is -0.700. The lowest BCUT2D eigenvalue weighted by Crippen LogP contribution is -2.17. The maximum absolute atomic E-state index is 5.30. The molecular weight excluding hydrogens is 278 g/mol. The Morgan fingerprint density at radius 2 is 2.18 bits per heavy atom. The monoisotopic (exact) mass is 297 g/mol. The van der Waals surface area contributed by atoms with Crippen molar-refractivity contribution in [1.29, 1.82) is 0 Å². The van der Waals surface area contributed by atoms with Crippen LogP contribution in [0.1, 0.15) is 33.1 Å². The minimum Gasteiger partial charge on any atom is -0.495 e. The van der Waals surface area contributed by atoms with E-state index in [9.17, 15) is 0 Å². The summed E-state index contributed by atoms with van der Waals surface area (Å²) in [5.74, 6) is 0.882. The minimum absolute atomic E-state index is 0.483. The first-order chi connectivity index (χ1) is 8.00. The summed E-state index contributed by atoms with van der Waals surface area (Å²) in [5, 5.41) is 3.60. The number of benzene rings is 1. The highest BCUT2D eigenvalue weighted by molar-refractivity contribution is 9.10. The first kappa shape index (κ1) is 12.7. The summed E-state index contributed by atoms with van der Waals surface area (Å²) >= 11 is 3.47. The predicted octanol–water partition coefficient (Wildman–Crippen LogP) is 4.45. The van der Waals surface area contributed by atoms with Crippen LogP contribution in [0.5, 0.6) is 5.75 Å².